The molecule has 0 fully saturated rings. The Hall–Kier alpha value is -2.08. The van der Waals surface area contributed by atoms with E-state index in [4.69, 9.17) is 16.7 Å². The number of nitrogens with zero attached hydrogens (tertiary/aromatic N) is 1. The maximum absolute atomic E-state index is 10.8. The molecule has 27 heavy (non-hydrogen) atoms. The van der Waals surface area contributed by atoms with Gasteiger partial charge in [0.05, 0.1) is 18.2 Å². The lowest BCUT2D eigenvalue weighted by molar-refractivity contribution is -0.136. The molecule has 0 saturated carbocycles. The molecule has 0 bridgehead atoms. The monoisotopic (exact) mass is 390 g/mol. The van der Waals surface area contributed by atoms with Gasteiger partial charge in [0.15, 0.2) is 0 Å². The molecule has 0 amide bonds. The van der Waals surface area contributed by atoms with Crippen molar-refractivity contribution in [1.29, 1.82) is 0 Å². The molecule has 6 heteroatoms. The summed E-state index contributed by atoms with van der Waals surface area (Å²) in [6.07, 6.45) is 0.307. The highest BCUT2D eigenvalue weighted by Crippen LogP contribution is 2.19. The smallest absolute Gasteiger partial charge is 0.307 e. The Bertz CT molecular complexity index is 734. The van der Waals surface area contributed by atoms with Crippen LogP contribution in [0.2, 0.25) is 5.02 Å². The number of halogens is 1. The SMILES string of the molecule is CC(C)CCN(NC[C@H](O)c1cccc(Cl)c1)c1ccc(CC(=O)O)cc1. The zero-order valence-corrected chi connectivity index (χ0v) is 16.5. The summed E-state index contributed by atoms with van der Waals surface area (Å²) in [5, 5.41) is 21.9. The topological polar surface area (TPSA) is 72.8 Å². The normalized spacial score (nSPS) is 12.2. The van der Waals surface area contributed by atoms with E-state index in [-0.39, 0.29) is 6.42 Å². The van der Waals surface area contributed by atoms with Crippen molar-refractivity contribution in [3.05, 3.63) is 64.7 Å². The summed E-state index contributed by atoms with van der Waals surface area (Å²) in [5.74, 6) is -0.305. The Labute approximate surface area is 165 Å². The standard InChI is InChI=1S/C21H27ClN2O3/c1-15(2)10-11-24(19-8-6-16(7-9-19)12-21(26)27)23-14-20(25)17-4-3-5-18(22)13-17/h3-9,13,15,20,23,25H,10-12,14H2,1-2H3,(H,26,27)/t20-/m0/s1. The first kappa shape index (κ1) is 21.2. The molecular formula is C21H27ClN2O3. The highest BCUT2D eigenvalue weighted by molar-refractivity contribution is 6.30. The van der Waals surface area contributed by atoms with Crippen molar-refractivity contribution in [1.82, 2.24) is 5.43 Å². The van der Waals surface area contributed by atoms with Crippen LogP contribution in [0.5, 0.6) is 0 Å². The predicted octanol–water partition coefficient (Wildman–Crippen LogP) is 4.06. The highest BCUT2D eigenvalue weighted by Gasteiger charge is 2.13. The number of hydrazine groups is 1. The van der Waals surface area contributed by atoms with Crippen LogP contribution in [0.25, 0.3) is 0 Å². The van der Waals surface area contributed by atoms with E-state index in [2.05, 4.69) is 19.3 Å². The van der Waals surface area contributed by atoms with E-state index in [9.17, 15) is 9.90 Å². The molecule has 0 aromatic heterocycles. The summed E-state index contributed by atoms with van der Waals surface area (Å²) in [4.78, 5) is 10.8. The molecule has 0 saturated heterocycles. The van der Waals surface area contributed by atoms with E-state index in [0.717, 1.165) is 29.8 Å². The van der Waals surface area contributed by atoms with Crippen LogP contribution in [0.3, 0.4) is 0 Å². The van der Waals surface area contributed by atoms with E-state index in [1.54, 1.807) is 12.1 Å². The summed E-state index contributed by atoms with van der Waals surface area (Å²) < 4.78 is 0. The first-order chi connectivity index (χ1) is 12.8. The zero-order chi connectivity index (χ0) is 19.8. The van der Waals surface area contributed by atoms with E-state index in [1.165, 1.54) is 0 Å². The average Bonchev–Trinajstić information content (AvgIpc) is 2.62. The third kappa shape index (κ3) is 7.21. The average molecular weight is 391 g/mol. The fourth-order valence-corrected chi connectivity index (χ4v) is 2.88. The summed E-state index contributed by atoms with van der Waals surface area (Å²) in [6.45, 7) is 5.44. The van der Waals surface area contributed by atoms with Gasteiger partial charge in [0.25, 0.3) is 0 Å². The lowest BCUT2D eigenvalue weighted by Crippen LogP contribution is -2.41. The highest BCUT2D eigenvalue weighted by atomic mass is 35.5. The molecule has 0 aliphatic carbocycles. The number of carboxylic acid groups (broad SMARTS) is 1. The van der Waals surface area contributed by atoms with Gasteiger partial charge in [0.1, 0.15) is 0 Å². The molecule has 1 atom stereocenters. The third-order valence-electron chi connectivity index (χ3n) is 4.24. The van der Waals surface area contributed by atoms with Crippen molar-refractivity contribution in [2.75, 3.05) is 18.1 Å². The first-order valence-electron chi connectivity index (χ1n) is 9.10. The lowest BCUT2D eigenvalue weighted by atomic mass is 10.1. The second-order valence-electron chi connectivity index (χ2n) is 7.00. The number of hydrogen-bond donors (Lipinski definition) is 3. The summed E-state index contributed by atoms with van der Waals surface area (Å²) in [7, 11) is 0. The molecule has 146 valence electrons. The molecule has 3 N–H and O–H groups in total. The molecule has 2 aromatic carbocycles. The number of anilines is 1. The summed E-state index contributed by atoms with van der Waals surface area (Å²) in [5.41, 5.74) is 5.74. The lowest BCUT2D eigenvalue weighted by Gasteiger charge is -2.28. The number of aliphatic carboxylic acids is 1. The fourth-order valence-electron chi connectivity index (χ4n) is 2.68. The van der Waals surface area contributed by atoms with Gasteiger partial charge in [-0.05, 0) is 47.7 Å². The Morgan fingerprint density at radius 3 is 2.48 bits per heavy atom. The van der Waals surface area contributed by atoms with Crippen molar-refractivity contribution in [3.63, 3.8) is 0 Å². The van der Waals surface area contributed by atoms with Gasteiger partial charge < -0.3 is 15.2 Å². The van der Waals surface area contributed by atoms with Gasteiger partial charge >= 0.3 is 5.97 Å². The van der Waals surface area contributed by atoms with Crippen LogP contribution in [-0.2, 0) is 11.2 Å². The van der Waals surface area contributed by atoms with Crippen molar-refractivity contribution in [2.45, 2.75) is 32.8 Å². The molecule has 2 aromatic rings. The van der Waals surface area contributed by atoms with Gasteiger partial charge in [-0.3, -0.25) is 4.79 Å². The second-order valence-corrected chi connectivity index (χ2v) is 7.44. The number of rotatable bonds is 10. The van der Waals surface area contributed by atoms with E-state index >= 15 is 0 Å². The predicted molar refractivity (Wildman–Crippen MR) is 109 cm³/mol. The minimum atomic E-state index is -0.845. The number of nitrogens with one attached hydrogen (secondary N) is 1. The molecular weight excluding hydrogens is 364 g/mol. The van der Waals surface area contributed by atoms with Crippen molar-refractivity contribution in [2.24, 2.45) is 5.92 Å². The molecule has 0 aliphatic heterocycles. The molecule has 2 rings (SSSR count). The van der Waals surface area contributed by atoms with Crippen LogP contribution < -0.4 is 10.4 Å². The Morgan fingerprint density at radius 1 is 1.19 bits per heavy atom. The Balaban J connectivity index is 2.05. The van der Waals surface area contributed by atoms with E-state index < -0.39 is 12.1 Å². The van der Waals surface area contributed by atoms with Crippen LogP contribution in [0, 0.1) is 5.92 Å². The molecule has 0 radical (unpaired) electrons. The number of aliphatic hydroxyl groups is 1. The number of carboxylic acids is 1. The number of carbonyl (C=O) groups is 1. The van der Waals surface area contributed by atoms with E-state index in [1.807, 2.05) is 41.4 Å². The van der Waals surface area contributed by atoms with Crippen molar-refractivity contribution >= 4 is 23.3 Å². The minimum Gasteiger partial charge on any atom is -0.481 e. The third-order valence-corrected chi connectivity index (χ3v) is 4.48. The van der Waals surface area contributed by atoms with Gasteiger partial charge in [-0.25, -0.2) is 5.43 Å². The van der Waals surface area contributed by atoms with Crippen LogP contribution in [-0.4, -0.2) is 29.3 Å². The largest absolute Gasteiger partial charge is 0.481 e. The van der Waals surface area contributed by atoms with E-state index in [0.29, 0.717) is 17.5 Å². The van der Waals surface area contributed by atoms with Gasteiger partial charge in [-0.1, -0.05) is 49.7 Å². The van der Waals surface area contributed by atoms with Crippen LogP contribution >= 0.6 is 11.6 Å². The summed E-state index contributed by atoms with van der Waals surface area (Å²) >= 11 is 6.00. The van der Waals surface area contributed by atoms with Crippen LogP contribution in [0.1, 0.15) is 37.5 Å². The zero-order valence-electron chi connectivity index (χ0n) is 15.7. The molecule has 0 unspecified atom stereocenters. The molecule has 0 heterocycles. The molecule has 0 aliphatic rings. The number of benzene rings is 2. The molecule has 5 nitrogen and oxygen atoms in total. The van der Waals surface area contributed by atoms with Gasteiger partial charge in [-0.2, -0.15) is 0 Å². The Kier molecular flexibility index (Phi) is 8.10. The number of hydrogen-bond acceptors (Lipinski definition) is 4. The summed E-state index contributed by atoms with van der Waals surface area (Å²) in [6, 6.07) is 14.6. The van der Waals surface area contributed by atoms with Gasteiger partial charge in [0.2, 0.25) is 0 Å². The van der Waals surface area contributed by atoms with Crippen molar-refractivity contribution < 1.29 is 15.0 Å². The van der Waals surface area contributed by atoms with Crippen LogP contribution in [0.4, 0.5) is 5.69 Å². The maximum atomic E-state index is 10.8. The van der Waals surface area contributed by atoms with Gasteiger partial charge in [-0.15, -0.1) is 0 Å². The van der Waals surface area contributed by atoms with Crippen LogP contribution in [0.15, 0.2) is 48.5 Å². The maximum Gasteiger partial charge on any atom is 0.307 e. The molecule has 0 spiro atoms. The second kappa shape index (κ2) is 10.3. The van der Waals surface area contributed by atoms with Crippen molar-refractivity contribution in [3.8, 4) is 0 Å². The fraction of sp³-hybridized carbons (Fsp3) is 0.381. The number of aliphatic hydroxyl groups excluding tert-OH is 1. The minimum absolute atomic E-state index is 0.00713. The Morgan fingerprint density at radius 2 is 1.89 bits per heavy atom. The van der Waals surface area contributed by atoms with Gasteiger partial charge in [0, 0.05) is 18.1 Å². The first-order valence-corrected chi connectivity index (χ1v) is 9.48. The quantitative estimate of drug-likeness (QED) is 0.533.